The summed E-state index contributed by atoms with van der Waals surface area (Å²) >= 11 is 0. The molecule has 4 heteroatoms. The van der Waals surface area contributed by atoms with Crippen LogP contribution >= 0.6 is 0 Å². The topological polar surface area (TPSA) is 46.1 Å². The highest BCUT2D eigenvalue weighted by molar-refractivity contribution is 6.06. The highest BCUT2D eigenvalue weighted by Crippen LogP contribution is 2.23. The summed E-state index contributed by atoms with van der Waals surface area (Å²) in [6.45, 7) is 6.53. The molecular formula is C21H23N3O. The Bertz CT molecular complexity index is 916. The lowest BCUT2D eigenvalue weighted by molar-refractivity contribution is 0.0785. The van der Waals surface area contributed by atoms with Gasteiger partial charge in [-0.15, -0.1) is 0 Å². The quantitative estimate of drug-likeness (QED) is 0.723. The first kappa shape index (κ1) is 17.1. The Hall–Kier alpha value is -2.75. The molecular weight excluding hydrogens is 310 g/mol. The van der Waals surface area contributed by atoms with Crippen LogP contribution in [-0.4, -0.2) is 27.8 Å². The van der Waals surface area contributed by atoms with E-state index in [0.29, 0.717) is 12.1 Å². The van der Waals surface area contributed by atoms with E-state index >= 15 is 0 Å². The highest BCUT2D eigenvalue weighted by atomic mass is 16.2. The second-order valence-electron chi connectivity index (χ2n) is 6.45. The molecule has 0 aliphatic carbocycles. The molecule has 128 valence electrons. The van der Waals surface area contributed by atoms with Gasteiger partial charge in [0.05, 0.1) is 23.3 Å². The number of carbonyl (C=O) groups is 1. The second kappa shape index (κ2) is 7.01. The van der Waals surface area contributed by atoms with Crippen LogP contribution in [0.15, 0.2) is 42.6 Å². The lowest BCUT2D eigenvalue weighted by Gasteiger charge is -2.18. The number of rotatable bonds is 4. The summed E-state index contributed by atoms with van der Waals surface area (Å²) in [6.07, 6.45) is 2.84. The maximum atomic E-state index is 13.0. The zero-order valence-electron chi connectivity index (χ0n) is 15.2. The van der Waals surface area contributed by atoms with Crippen molar-refractivity contribution in [3.63, 3.8) is 0 Å². The standard InChI is InChI=1S/C21H23N3O/c1-5-16-9-10-17(22-12-16)13-24(4)21(25)19-11-15(3)23-20-14(2)7-6-8-18(19)20/h6-12H,5,13H2,1-4H3. The minimum Gasteiger partial charge on any atom is -0.336 e. The molecule has 2 aromatic heterocycles. The van der Waals surface area contributed by atoms with Crippen LogP contribution in [0, 0.1) is 13.8 Å². The smallest absolute Gasteiger partial charge is 0.254 e. The van der Waals surface area contributed by atoms with E-state index < -0.39 is 0 Å². The van der Waals surface area contributed by atoms with Gasteiger partial charge in [0.15, 0.2) is 0 Å². The van der Waals surface area contributed by atoms with Crippen molar-refractivity contribution < 1.29 is 4.79 Å². The van der Waals surface area contributed by atoms with Crippen LogP contribution in [0.3, 0.4) is 0 Å². The Labute approximate surface area is 148 Å². The van der Waals surface area contributed by atoms with Crippen LogP contribution in [0.2, 0.25) is 0 Å². The summed E-state index contributed by atoms with van der Waals surface area (Å²) in [5.74, 6) is -0.0116. The van der Waals surface area contributed by atoms with Gasteiger partial charge in [0.1, 0.15) is 0 Å². The Balaban J connectivity index is 1.91. The molecule has 3 aromatic rings. The minimum absolute atomic E-state index is 0.0116. The van der Waals surface area contributed by atoms with E-state index in [1.54, 1.807) is 4.90 Å². The molecule has 0 aliphatic rings. The molecule has 0 N–H and O–H groups in total. The van der Waals surface area contributed by atoms with Crippen molar-refractivity contribution in [2.24, 2.45) is 0 Å². The molecule has 0 unspecified atom stereocenters. The van der Waals surface area contributed by atoms with E-state index in [4.69, 9.17) is 0 Å². The molecule has 0 bridgehead atoms. The summed E-state index contributed by atoms with van der Waals surface area (Å²) in [4.78, 5) is 23.8. The average Bonchev–Trinajstić information content (AvgIpc) is 2.62. The SMILES string of the molecule is CCc1ccc(CN(C)C(=O)c2cc(C)nc3c(C)cccc23)nc1. The number of hydrogen-bond donors (Lipinski definition) is 0. The Morgan fingerprint density at radius 1 is 1.16 bits per heavy atom. The fraction of sp³-hybridized carbons (Fsp3) is 0.286. The maximum absolute atomic E-state index is 13.0. The van der Waals surface area contributed by atoms with E-state index in [2.05, 4.69) is 23.0 Å². The van der Waals surface area contributed by atoms with Gasteiger partial charge in [-0.05, 0) is 43.5 Å². The Kier molecular flexibility index (Phi) is 4.79. The summed E-state index contributed by atoms with van der Waals surface area (Å²) in [5, 5.41) is 0.900. The number of aromatic nitrogens is 2. The van der Waals surface area contributed by atoms with Crippen molar-refractivity contribution >= 4 is 16.8 Å². The normalized spacial score (nSPS) is 10.9. The Morgan fingerprint density at radius 2 is 1.96 bits per heavy atom. The predicted octanol–water partition coefficient (Wildman–Crippen LogP) is 4.08. The summed E-state index contributed by atoms with van der Waals surface area (Å²) in [7, 11) is 1.81. The van der Waals surface area contributed by atoms with Crippen LogP contribution in [-0.2, 0) is 13.0 Å². The van der Waals surface area contributed by atoms with Gasteiger partial charge in [-0.1, -0.05) is 31.2 Å². The monoisotopic (exact) mass is 333 g/mol. The molecule has 0 aliphatic heterocycles. The molecule has 0 spiro atoms. The molecule has 3 rings (SSSR count). The summed E-state index contributed by atoms with van der Waals surface area (Å²) in [5.41, 5.74) is 5.60. The molecule has 4 nitrogen and oxygen atoms in total. The molecule has 0 saturated heterocycles. The summed E-state index contributed by atoms with van der Waals surface area (Å²) in [6, 6.07) is 11.9. The van der Waals surface area contributed by atoms with Gasteiger partial charge in [0, 0.05) is 24.3 Å². The number of hydrogen-bond acceptors (Lipinski definition) is 3. The average molecular weight is 333 g/mol. The molecule has 2 heterocycles. The molecule has 0 fully saturated rings. The van der Waals surface area contributed by atoms with E-state index in [-0.39, 0.29) is 5.91 Å². The van der Waals surface area contributed by atoms with Crippen LogP contribution < -0.4 is 0 Å². The molecule has 0 saturated carbocycles. The number of amides is 1. The van der Waals surface area contributed by atoms with E-state index in [9.17, 15) is 4.79 Å². The zero-order chi connectivity index (χ0) is 18.0. The fourth-order valence-electron chi connectivity index (χ4n) is 2.98. The van der Waals surface area contributed by atoms with Gasteiger partial charge < -0.3 is 4.90 Å². The third-order valence-corrected chi connectivity index (χ3v) is 4.44. The van der Waals surface area contributed by atoms with Crippen LogP contribution in [0.25, 0.3) is 10.9 Å². The van der Waals surface area contributed by atoms with Crippen molar-refractivity contribution in [1.29, 1.82) is 0 Å². The summed E-state index contributed by atoms with van der Waals surface area (Å²) < 4.78 is 0. The van der Waals surface area contributed by atoms with E-state index in [1.807, 2.05) is 57.4 Å². The van der Waals surface area contributed by atoms with Crippen molar-refractivity contribution in [3.05, 3.63) is 70.7 Å². The molecule has 0 atom stereocenters. The zero-order valence-corrected chi connectivity index (χ0v) is 15.2. The van der Waals surface area contributed by atoms with Crippen molar-refractivity contribution in [2.75, 3.05) is 7.05 Å². The van der Waals surface area contributed by atoms with Gasteiger partial charge >= 0.3 is 0 Å². The number of nitrogens with zero attached hydrogens (tertiary/aromatic N) is 3. The van der Waals surface area contributed by atoms with Crippen molar-refractivity contribution in [2.45, 2.75) is 33.7 Å². The number of aryl methyl sites for hydroxylation is 3. The second-order valence-corrected chi connectivity index (χ2v) is 6.45. The van der Waals surface area contributed by atoms with Gasteiger partial charge in [-0.25, -0.2) is 0 Å². The Morgan fingerprint density at radius 3 is 2.64 bits per heavy atom. The highest BCUT2D eigenvalue weighted by Gasteiger charge is 2.17. The first-order chi connectivity index (χ1) is 12.0. The maximum Gasteiger partial charge on any atom is 0.254 e. The van der Waals surface area contributed by atoms with Gasteiger partial charge in [0.25, 0.3) is 5.91 Å². The minimum atomic E-state index is -0.0116. The third-order valence-electron chi connectivity index (χ3n) is 4.44. The molecule has 1 amide bonds. The number of pyridine rings is 2. The molecule has 1 aromatic carbocycles. The third kappa shape index (κ3) is 3.53. The molecule has 25 heavy (non-hydrogen) atoms. The first-order valence-corrected chi connectivity index (χ1v) is 8.56. The van der Waals surface area contributed by atoms with E-state index in [0.717, 1.165) is 34.3 Å². The number of benzene rings is 1. The van der Waals surface area contributed by atoms with Gasteiger partial charge in [-0.2, -0.15) is 0 Å². The molecule has 0 radical (unpaired) electrons. The lowest BCUT2D eigenvalue weighted by Crippen LogP contribution is -2.27. The number of carbonyl (C=O) groups excluding carboxylic acids is 1. The lowest BCUT2D eigenvalue weighted by atomic mass is 10.0. The van der Waals surface area contributed by atoms with Gasteiger partial charge in [-0.3, -0.25) is 14.8 Å². The predicted molar refractivity (Wildman–Crippen MR) is 101 cm³/mol. The van der Waals surface area contributed by atoms with Crippen LogP contribution in [0.1, 0.15) is 39.8 Å². The number of para-hydroxylation sites is 1. The van der Waals surface area contributed by atoms with Gasteiger partial charge in [0.2, 0.25) is 0 Å². The first-order valence-electron chi connectivity index (χ1n) is 8.56. The van der Waals surface area contributed by atoms with E-state index in [1.165, 1.54) is 5.56 Å². The van der Waals surface area contributed by atoms with Crippen LogP contribution in [0.4, 0.5) is 0 Å². The largest absolute Gasteiger partial charge is 0.336 e. The van der Waals surface area contributed by atoms with Crippen molar-refractivity contribution in [1.82, 2.24) is 14.9 Å². The van der Waals surface area contributed by atoms with Crippen LogP contribution in [0.5, 0.6) is 0 Å². The van der Waals surface area contributed by atoms with Crippen molar-refractivity contribution in [3.8, 4) is 0 Å². The fourth-order valence-corrected chi connectivity index (χ4v) is 2.98. The number of fused-ring (bicyclic) bond motifs is 1.